The monoisotopic (exact) mass is 378 g/mol. The van der Waals surface area contributed by atoms with Crippen LogP contribution in [0.1, 0.15) is 37.0 Å². The number of amides is 1. The number of hydrogen-bond acceptors (Lipinski definition) is 3. The molecule has 7 heteroatoms. The Kier molecular flexibility index (Phi) is 6.37. The van der Waals surface area contributed by atoms with Crippen molar-refractivity contribution < 1.29 is 17.6 Å². The topological polar surface area (TPSA) is 66.5 Å². The first-order valence-electron chi connectivity index (χ1n) is 8.41. The maximum absolute atomic E-state index is 13.9. The van der Waals surface area contributed by atoms with E-state index in [0.717, 1.165) is 17.1 Å². The van der Waals surface area contributed by atoms with Crippen LogP contribution in [0, 0.1) is 5.82 Å². The highest BCUT2D eigenvalue weighted by molar-refractivity contribution is 7.92. The number of nitrogens with one attached hydrogen (secondary N) is 1. The Morgan fingerprint density at radius 1 is 1.19 bits per heavy atom. The van der Waals surface area contributed by atoms with Gasteiger partial charge in [-0.25, -0.2) is 12.8 Å². The third kappa shape index (κ3) is 4.40. The van der Waals surface area contributed by atoms with Crippen LogP contribution in [-0.4, -0.2) is 27.4 Å². The Balaban J connectivity index is 2.31. The molecular formula is C19H23FN2O3S. The maximum Gasteiger partial charge on any atom is 0.264 e. The molecule has 140 valence electrons. The van der Waals surface area contributed by atoms with Crippen LogP contribution in [0.3, 0.4) is 0 Å². The highest BCUT2D eigenvalue weighted by Gasteiger charge is 2.24. The average Bonchev–Trinajstić information content (AvgIpc) is 2.61. The van der Waals surface area contributed by atoms with Gasteiger partial charge < -0.3 is 5.32 Å². The van der Waals surface area contributed by atoms with E-state index in [2.05, 4.69) is 5.32 Å². The second-order valence-electron chi connectivity index (χ2n) is 6.11. The molecule has 0 heterocycles. The molecular weight excluding hydrogens is 355 g/mol. The van der Waals surface area contributed by atoms with E-state index in [4.69, 9.17) is 0 Å². The van der Waals surface area contributed by atoms with Gasteiger partial charge in [-0.1, -0.05) is 31.5 Å². The first kappa shape index (κ1) is 19.9. The van der Waals surface area contributed by atoms with Crippen molar-refractivity contribution in [3.63, 3.8) is 0 Å². The lowest BCUT2D eigenvalue weighted by Gasteiger charge is -2.20. The van der Waals surface area contributed by atoms with Gasteiger partial charge in [0.1, 0.15) is 5.82 Å². The molecule has 1 atom stereocenters. The highest BCUT2D eigenvalue weighted by atomic mass is 32.2. The number of nitrogens with zero attached hydrogens (tertiary/aromatic N) is 1. The molecule has 0 saturated heterocycles. The van der Waals surface area contributed by atoms with Crippen LogP contribution in [0.2, 0.25) is 0 Å². The summed E-state index contributed by atoms with van der Waals surface area (Å²) in [5.74, 6) is -0.975. The number of anilines is 1. The van der Waals surface area contributed by atoms with E-state index in [-0.39, 0.29) is 28.1 Å². The van der Waals surface area contributed by atoms with Crippen LogP contribution in [0.5, 0.6) is 0 Å². The van der Waals surface area contributed by atoms with Crippen molar-refractivity contribution in [1.29, 1.82) is 0 Å². The van der Waals surface area contributed by atoms with Gasteiger partial charge in [0.2, 0.25) is 0 Å². The molecule has 1 N–H and O–H groups in total. The molecule has 2 aromatic carbocycles. The summed E-state index contributed by atoms with van der Waals surface area (Å²) in [7, 11) is -2.71. The summed E-state index contributed by atoms with van der Waals surface area (Å²) in [6, 6.07) is 11.4. The quantitative estimate of drug-likeness (QED) is 0.801. The largest absolute Gasteiger partial charge is 0.350 e. The van der Waals surface area contributed by atoms with E-state index in [9.17, 15) is 17.6 Å². The maximum atomic E-state index is 13.9. The van der Waals surface area contributed by atoms with Gasteiger partial charge in [0.25, 0.3) is 15.9 Å². The lowest BCUT2D eigenvalue weighted by atomic mass is 10.1. The third-order valence-corrected chi connectivity index (χ3v) is 5.81. The minimum absolute atomic E-state index is 0.00569. The number of benzene rings is 2. The van der Waals surface area contributed by atoms with Crippen molar-refractivity contribution in [3.8, 4) is 0 Å². The molecule has 2 rings (SSSR count). The molecule has 0 aliphatic rings. The number of carbonyl (C=O) groups is 1. The molecule has 0 spiro atoms. The van der Waals surface area contributed by atoms with Crippen LogP contribution >= 0.6 is 0 Å². The standard InChI is InChI=1S/C19H23FN2O3S/c1-4-8-14(2)21-19(23)15-9-7-10-16(13-15)26(24,25)22(3)18-12-6-5-11-17(18)20/h5-7,9-14H,4,8H2,1-3H3,(H,21,23)/t14-/m1/s1. The molecule has 0 fully saturated rings. The zero-order valence-electron chi connectivity index (χ0n) is 15.1. The molecule has 0 radical (unpaired) electrons. The van der Waals surface area contributed by atoms with Gasteiger partial charge in [0.05, 0.1) is 10.6 Å². The Morgan fingerprint density at radius 3 is 2.54 bits per heavy atom. The number of halogens is 1. The average molecular weight is 378 g/mol. The van der Waals surface area contributed by atoms with E-state index in [1.54, 1.807) is 12.1 Å². The molecule has 0 aliphatic carbocycles. The number of sulfonamides is 1. The summed E-state index contributed by atoms with van der Waals surface area (Å²) in [4.78, 5) is 12.3. The molecule has 2 aromatic rings. The third-order valence-electron chi connectivity index (χ3n) is 4.05. The predicted octanol–water partition coefficient (Wildman–Crippen LogP) is 3.57. The number of para-hydroxylation sites is 1. The first-order valence-corrected chi connectivity index (χ1v) is 9.85. The molecule has 0 aliphatic heterocycles. The Morgan fingerprint density at radius 2 is 1.88 bits per heavy atom. The molecule has 0 bridgehead atoms. The minimum Gasteiger partial charge on any atom is -0.350 e. The van der Waals surface area contributed by atoms with Crippen LogP contribution in [-0.2, 0) is 10.0 Å². The molecule has 26 heavy (non-hydrogen) atoms. The lowest BCUT2D eigenvalue weighted by Crippen LogP contribution is -2.32. The highest BCUT2D eigenvalue weighted by Crippen LogP contribution is 2.25. The summed E-state index contributed by atoms with van der Waals surface area (Å²) >= 11 is 0. The normalized spacial score (nSPS) is 12.5. The van der Waals surface area contributed by atoms with Crippen molar-refractivity contribution in [2.24, 2.45) is 0 Å². The van der Waals surface area contributed by atoms with Crippen LogP contribution in [0.15, 0.2) is 53.4 Å². The first-order chi connectivity index (χ1) is 12.3. The predicted molar refractivity (Wildman–Crippen MR) is 100 cm³/mol. The minimum atomic E-state index is -4.00. The van der Waals surface area contributed by atoms with Crippen molar-refractivity contribution in [3.05, 3.63) is 59.9 Å². The summed E-state index contributed by atoms with van der Waals surface area (Å²) in [5.41, 5.74) is 0.190. The molecule has 1 amide bonds. The van der Waals surface area contributed by atoms with E-state index in [1.165, 1.54) is 43.4 Å². The molecule has 0 aromatic heterocycles. The summed E-state index contributed by atoms with van der Waals surface area (Å²) < 4.78 is 40.4. The Bertz CT molecular complexity index is 884. The number of hydrogen-bond donors (Lipinski definition) is 1. The van der Waals surface area contributed by atoms with Gasteiger partial charge in [-0.15, -0.1) is 0 Å². The Hall–Kier alpha value is -2.41. The number of carbonyl (C=O) groups excluding carboxylic acids is 1. The fourth-order valence-electron chi connectivity index (χ4n) is 2.60. The summed E-state index contributed by atoms with van der Waals surface area (Å²) in [6.07, 6.45) is 1.77. The summed E-state index contributed by atoms with van der Waals surface area (Å²) in [5, 5.41) is 2.84. The SMILES string of the molecule is CCC[C@@H](C)NC(=O)c1cccc(S(=O)(=O)N(C)c2ccccc2F)c1. The van der Waals surface area contributed by atoms with E-state index in [0.29, 0.717) is 0 Å². The van der Waals surface area contributed by atoms with E-state index >= 15 is 0 Å². The second-order valence-corrected chi connectivity index (χ2v) is 8.08. The second kappa shape index (κ2) is 8.31. The van der Waals surface area contributed by atoms with Gasteiger partial charge in [-0.05, 0) is 43.7 Å². The van der Waals surface area contributed by atoms with Gasteiger partial charge >= 0.3 is 0 Å². The van der Waals surface area contributed by atoms with Gasteiger partial charge in [0, 0.05) is 18.7 Å². The van der Waals surface area contributed by atoms with Crippen LogP contribution in [0.4, 0.5) is 10.1 Å². The smallest absolute Gasteiger partial charge is 0.264 e. The van der Waals surface area contributed by atoms with E-state index < -0.39 is 15.8 Å². The van der Waals surface area contributed by atoms with Gasteiger partial charge in [0.15, 0.2) is 0 Å². The van der Waals surface area contributed by atoms with Crippen LogP contribution in [0.25, 0.3) is 0 Å². The molecule has 0 saturated carbocycles. The van der Waals surface area contributed by atoms with Gasteiger partial charge in [-0.2, -0.15) is 0 Å². The lowest BCUT2D eigenvalue weighted by molar-refractivity contribution is 0.0938. The van der Waals surface area contributed by atoms with Crippen LogP contribution < -0.4 is 9.62 Å². The van der Waals surface area contributed by atoms with Crippen molar-refractivity contribution in [2.45, 2.75) is 37.6 Å². The Labute approximate surface area is 153 Å². The fourth-order valence-corrected chi connectivity index (χ4v) is 3.85. The molecule has 5 nitrogen and oxygen atoms in total. The zero-order valence-corrected chi connectivity index (χ0v) is 15.9. The fraction of sp³-hybridized carbons (Fsp3) is 0.316. The van der Waals surface area contributed by atoms with E-state index in [1.807, 2.05) is 13.8 Å². The number of rotatable bonds is 7. The van der Waals surface area contributed by atoms with Crippen molar-refractivity contribution in [2.75, 3.05) is 11.4 Å². The molecule has 0 unspecified atom stereocenters. The zero-order chi connectivity index (χ0) is 19.3. The summed E-state index contributed by atoms with van der Waals surface area (Å²) in [6.45, 7) is 3.92. The van der Waals surface area contributed by atoms with Crippen molar-refractivity contribution >= 4 is 21.6 Å². The van der Waals surface area contributed by atoms with Gasteiger partial charge in [-0.3, -0.25) is 9.10 Å². The van der Waals surface area contributed by atoms with Crippen molar-refractivity contribution in [1.82, 2.24) is 5.32 Å².